The molecule has 0 saturated carbocycles. The van der Waals surface area contributed by atoms with Crippen LogP contribution in [0.3, 0.4) is 0 Å². The van der Waals surface area contributed by atoms with E-state index in [2.05, 4.69) is 15.6 Å². The molecular weight excluding hydrogens is 478 g/mol. The van der Waals surface area contributed by atoms with Crippen LogP contribution in [0.5, 0.6) is 0 Å². The molecule has 2 heterocycles. The molecule has 3 aromatic carbocycles. The number of aromatic nitrogens is 1. The third-order valence-corrected chi connectivity index (χ3v) is 6.22. The first-order chi connectivity index (χ1) is 17.4. The van der Waals surface area contributed by atoms with Crippen molar-refractivity contribution in [3.63, 3.8) is 0 Å². The van der Waals surface area contributed by atoms with E-state index in [-0.39, 0.29) is 16.4 Å². The monoisotopic (exact) mass is 501 g/mol. The van der Waals surface area contributed by atoms with Crippen molar-refractivity contribution in [2.75, 3.05) is 23.3 Å². The molecule has 1 saturated heterocycles. The second kappa shape index (κ2) is 9.74. The summed E-state index contributed by atoms with van der Waals surface area (Å²) in [5.41, 5.74) is 4.52. The van der Waals surface area contributed by atoms with E-state index in [0.29, 0.717) is 22.8 Å². The molecule has 1 fully saturated rings. The van der Waals surface area contributed by atoms with Crippen LogP contribution in [0.25, 0.3) is 22.6 Å². The highest BCUT2D eigenvalue weighted by Gasteiger charge is 2.24. The van der Waals surface area contributed by atoms with Gasteiger partial charge >= 0.3 is 0 Å². The lowest BCUT2D eigenvalue weighted by atomic mass is 10.1. The smallest absolute Gasteiger partial charge is 0.293 e. The van der Waals surface area contributed by atoms with E-state index in [4.69, 9.17) is 16.6 Å². The Balaban J connectivity index is 1.29. The van der Waals surface area contributed by atoms with E-state index in [1.54, 1.807) is 18.2 Å². The van der Waals surface area contributed by atoms with Crippen LogP contribution in [-0.2, 0) is 0 Å². The number of rotatable bonds is 5. The molecule has 5 rings (SSSR count). The number of carbonyl (C=O) groups is 1. The van der Waals surface area contributed by atoms with Crippen molar-refractivity contribution in [2.45, 2.75) is 19.8 Å². The number of benzene rings is 3. The van der Waals surface area contributed by atoms with Crippen molar-refractivity contribution in [3.05, 3.63) is 81.9 Å². The van der Waals surface area contributed by atoms with Crippen molar-refractivity contribution >= 4 is 51.4 Å². The van der Waals surface area contributed by atoms with Gasteiger partial charge in [0.2, 0.25) is 5.89 Å². The van der Waals surface area contributed by atoms with Gasteiger partial charge in [0.25, 0.3) is 11.6 Å². The largest absolute Gasteiger partial charge is 0.436 e. The maximum atomic E-state index is 12.8. The SMILES string of the molecule is Cc1ccc2nc(-c3cccc(NC(=S)NC(=O)c4ccc(N5CCCC5)c([N+](=O)[O-])c4)c3)oc2c1. The molecule has 1 aromatic heterocycles. The highest BCUT2D eigenvalue weighted by atomic mass is 32.1. The molecule has 0 spiro atoms. The third kappa shape index (κ3) is 4.89. The van der Waals surface area contributed by atoms with E-state index in [0.717, 1.165) is 42.6 Å². The fraction of sp³-hybridized carbons (Fsp3) is 0.192. The van der Waals surface area contributed by atoms with Crippen molar-refractivity contribution in [1.82, 2.24) is 10.3 Å². The first-order valence-electron chi connectivity index (χ1n) is 11.5. The highest BCUT2D eigenvalue weighted by Crippen LogP contribution is 2.32. The average Bonchev–Trinajstić information content (AvgIpc) is 3.54. The molecular formula is C26H23N5O4S. The maximum Gasteiger partial charge on any atom is 0.293 e. The molecule has 0 unspecified atom stereocenters. The predicted octanol–water partition coefficient (Wildman–Crippen LogP) is 5.44. The Hall–Kier alpha value is -4.31. The molecule has 4 aromatic rings. The molecule has 10 heteroatoms. The van der Waals surface area contributed by atoms with Gasteiger partial charge in [-0.1, -0.05) is 12.1 Å². The number of nitrogens with one attached hydrogen (secondary N) is 2. The number of aryl methyl sites for hydroxylation is 1. The molecule has 1 aliphatic rings. The highest BCUT2D eigenvalue weighted by molar-refractivity contribution is 7.80. The predicted molar refractivity (Wildman–Crippen MR) is 142 cm³/mol. The second-order valence-electron chi connectivity index (χ2n) is 8.63. The zero-order valence-corrected chi connectivity index (χ0v) is 20.3. The van der Waals surface area contributed by atoms with Crippen LogP contribution in [0.15, 0.2) is 65.1 Å². The number of hydrogen-bond donors (Lipinski definition) is 2. The Kier molecular flexibility index (Phi) is 6.34. The van der Waals surface area contributed by atoms with Crippen LogP contribution in [0.4, 0.5) is 17.1 Å². The summed E-state index contributed by atoms with van der Waals surface area (Å²) in [6.07, 6.45) is 1.99. The maximum absolute atomic E-state index is 12.8. The van der Waals surface area contributed by atoms with Gasteiger partial charge in [-0.25, -0.2) is 4.98 Å². The van der Waals surface area contributed by atoms with E-state index < -0.39 is 10.8 Å². The minimum absolute atomic E-state index is 0.0663. The summed E-state index contributed by atoms with van der Waals surface area (Å²) in [7, 11) is 0. The number of oxazole rings is 1. The van der Waals surface area contributed by atoms with Gasteiger partial charge in [-0.2, -0.15) is 0 Å². The summed E-state index contributed by atoms with van der Waals surface area (Å²) >= 11 is 5.31. The molecule has 36 heavy (non-hydrogen) atoms. The average molecular weight is 502 g/mol. The molecule has 9 nitrogen and oxygen atoms in total. The number of fused-ring (bicyclic) bond motifs is 1. The van der Waals surface area contributed by atoms with Crippen molar-refractivity contribution in [1.29, 1.82) is 0 Å². The minimum Gasteiger partial charge on any atom is -0.436 e. The zero-order chi connectivity index (χ0) is 25.2. The Labute approximate surface area is 212 Å². The van der Waals surface area contributed by atoms with Gasteiger partial charge in [0.15, 0.2) is 10.7 Å². The summed E-state index contributed by atoms with van der Waals surface area (Å²) in [5.74, 6) is -0.0614. The number of nitro groups is 1. The fourth-order valence-electron chi connectivity index (χ4n) is 4.26. The van der Waals surface area contributed by atoms with Gasteiger partial charge in [-0.05, 0) is 80.0 Å². The normalized spacial score (nSPS) is 13.1. The molecule has 0 radical (unpaired) electrons. The van der Waals surface area contributed by atoms with Crippen LogP contribution < -0.4 is 15.5 Å². The summed E-state index contributed by atoms with van der Waals surface area (Å²) in [6.45, 7) is 3.52. The molecule has 0 bridgehead atoms. The molecule has 0 aliphatic carbocycles. The number of nitrogens with zero attached hydrogens (tertiary/aromatic N) is 3. The van der Waals surface area contributed by atoms with Crippen LogP contribution in [-0.4, -0.2) is 34.0 Å². The topological polar surface area (TPSA) is 114 Å². The number of thiocarbonyl (C=S) groups is 1. The van der Waals surface area contributed by atoms with E-state index in [1.165, 1.54) is 6.07 Å². The van der Waals surface area contributed by atoms with Gasteiger partial charge in [0, 0.05) is 36.0 Å². The molecule has 1 amide bonds. The number of amides is 1. The minimum atomic E-state index is -0.533. The summed E-state index contributed by atoms with van der Waals surface area (Å²) < 4.78 is 5.89. The van der Waals surface area contributed by atoms with E-state index >= 15 is 0 Å². The lowest BCUT2D eigenvalue weighted by Crippen LogP contribution is -2.34. The van der Waals surface area contributed by atoms with Crippen LogP contribution in [0.2, 0.25) is 0 Å². The van der Waals surface area contributed by atoms with E-state index in [1.807, 2.05) is 48.2 Å². The fourth-order valence-corrected chi connectivity index (χ4v) is 4.47. The second-order valence-corrected chi connectivity index (χ2v) is 9.04. The third-order valence-electron chi connectivity index (χ3n) is 6.02. The van der Waals surface area contributed by atoms with Crippen LogP contribution in [0.1, 0.15) is 28.8 Å². The zero-order valence-electron chi connectivity index (χ0n) is 19.5. The lowest BCUT2D eigenvalue weighted by Gasteiger charge is -2.18. The quantitative estimate of drug-likeness (QED) is 0.211. The molecule has 2 N–H and O–H groups in total. The van der Waals surface area contributed by atoms with Gasteiger partial charge in [-0.3, -0.25) is 20.2 Å². The molecule has 1 aliphatic heterocycles. The van der Waals surface area contributed by atoms with Crippen molar-refractivity contribution in [2.24, 2.45) is 0 Å². The number of anilines is 2. The Bertz CT molecular complexity index is 1490. The van der Waals surface area contributed by atoms with Crippen molar-refractivity contribution in [3.8, 4) is 11.5 Å². The number of carbonyl (C=O) groups excluding carboxylic acids is 1. The first kappa shape index (κ1) is 23.4. The van der Waals surface area contributed by atoms with Crippen molar-refractivity contribution < 1.29 is 14.1 Å². The Morgan fingerprint density at radius 2 is 1.92 bits per heavy atom. The Morgan fingerprint density at radius 1 is 1.11 bits per heavy atom. The van der Waals surface area contributed by atoms with Crippen LogP contribution >= 0.6 is 12.2 Å². The van der Waals surface area contributed by atoms with Crippen LogP contribution in [0, 0.1) is 17.0 Å². The van der Waals surface area contributed by atoms with E-state index in [9.17, 15) is 14.9 Å². The molecule has 0 atom stereocenters. The summed E-state index contributed by atoms with van der Waals surface area (Å²) in [6, 6.07) is 17.6. The van der Waals surface area contributed by atoms with Gasteiger partial charge < -0.3 is 14.6 Å². The molecule has 182 valence electrons. The van der Waals surface area contributed by atoms with Gasteiger partial charge in [0.1, 0.15) is 11.2 Å². The summed E-state index contributed by atoms with van der Waals surface area (Å²) in [4.78, 5) is 30.4. The number of nitro benzene ring substituents is 1. The summed E-state index contributed by atoms with van der Waals surface area (Å²) in [5, 5.41) is 17.3. The van der Waals surface area contributed by atoms with Gasteiger partial charge in [0.05, 0.1) is 4.92 Å². The Morgan fingerprint density at radius 3 is 2.69 bits per heavy atom. The first-order valence-corrected chi connectivity index (χ1v) is 11.9. The number of hydrogen-bond acceptors (Lipinski definition) is 7. The lowest BCUT2D eigenvalue weighted by molar-refractivity contribution is -0.384. The van der Waals surface area contributed by atoms with Gasteiger partial charge in [-0.15, -0.1) is 0 Å². The standard InChI is InChI=1S/C26H23N5O4S/c1-16-7-9-20-23(13-16)35-25(28-20)18-5-4-6-19(14-18)27-26(36)29-24(32)17-8-10-21(22(15-17)31(33)34)30-11-2-3-12-30/h4-10,13-15H,2-3,11-12H2,1H3,(H2,27,29,32,36).